The van der Waals surface area contributed by atoms with Gasteiger partial charge in [-0.15, -0.1) is 0 Å². The molecule has 114 valence electrons. The molecule has 0 spiro atoms. The topological polar surface area (TPSA) is 33.4 Å². The van der Waals surface area contributed by atoms with Crippen LogP contribution in [0.1, 0.15) is 31.6 Å². The van der Waals surface area contributed by atoms with Gasteiger partial charge in [-0.05, 0) is 37.8 Å². The Bertz CT molecular complexity index is 785. The lowest BCUT2D eigenvalue weighted by atomic mass is 10.1. The van der Waals surface area contributed by atoms with Gasteiger partial charge in [0.25, 0.3) is 0 Å². The number of halogens is 1. The number of hydrogen-bond acceptors (Lipinski definition) is 3. The first-order valence-corrected chi connectivity index (χ1v) is 7.72. The average Bonchev–Trinajstić information content (AvgIpc) is 3.26. The van der Waals surface area contributed by atoms with Crippen molar-refractivity contribution in [3.8, 4) is 0 Å². The van der Waals surface area contributed by atoms with E-state index in [1.165, 1.54) is 25.0 Å². The van der Waals surface area contributed by atoms with Crippen molar-refractivity contribution in [2.75, 3.05) is 6.54 Å². The third kappa shape index (κ3) is 2.21. The molecule has 1 aliphatic heterocycles. The van der Waals surface area contributed by atoms with Gasteiger partial charge in [0.2, 0.25) is 0 Å². The molecule has 22 heavy (non-hydrogen) atoms. The number of imidazole rings is 1. The highest BCUT2D eigenvalue weighted by molar-refractivity contribution is 5.76. The highest BCUT2D eigenvalue weighted by Gasteiger charge is 2.38. The first kappa shape index (κ1) is 13.5. The quantitative estimate of drug-likeness (QED) is 0.870. The highest BCUT2D eigenvalue weighted by Crippen LogP contribution is 2.45. The van der Waals surface area contributed by atoms with Crippen LogP contribution in [0.3, 0.4) is 0 Å². The zero-order valence-corrected chi connectivity index (χ0v) is 12.8. The first-order chi connectivity index (χ1) is 10.6. The number of hydrogen-bond donors (Lipinski definition) is 0. The monoisotopic (exact) mass is 298 g/mol. The van der Waals surface area contributed by atoms with Crippen molar-refractivity contribution in [3.63, 3.8) is 0 Å². The van der Waals surface area contributed by atoms with E-state index in [4.69, 9.17) is 4.98 Å². The number of allylic oxidation sites excluding steroid dienone is 1. The molecule has 0 bridgehead atoms. The van der Waals surface area contributed by atoms with Crippen LogP contribution in [-0.4, -0.2) is 27.2 Å². The van der Waals surface area contributed by atoms with Gasteiger partial charge in [0, 0.05) is 25.5 Å². The van der Waals surface area contributed by atoms with Crippen LogP contribution in [-0.2, 0) is 7.05 Å². The van der Waals surface area contributed by atoms with Gasteiger partial charge in [-0.25, -0.2) is 9.37 Å². The van der Waals surface area contributed by atoms with Crippen LogP contribution in [0.5, 0.6) is 0 Å². The molecule has 0 N–H and O–H groups in total. The smallest absolute Gasteiger partial charge is 0.132 e. The molecule has 0 amide bonds. The maximum atomic E-state index is 13.5. The predicted molar refractivity (Wildman–Crippen MR) is 85.1 cm³/mol. The fraction of sp³-hybridized carbons (Fsp3) is 0.412. The van der Waals surface area contributed by atoms with Gasteiger partial charge >= 0.3 is 0 Å². The van der Waals surface area contributed by atoms with Crippen LogP contribution in [0.4, 0.5) is 4.39 Å². The minimum absolute atomic E-state index is 0.235. The molecule has 2 aromatic rings. The third-order valence-electron chi connectivity index (χ3n) is 4.51. The predicted octanol–water partition coefficient (Wildman–Crippen LogP) is 3.41. The van der Waals surface area contributed by atoms with Gasteiger partial charge in [0.1, 0.15) is 11.6 Å². The molecule has 5 heteroatoms. The van der Waals surface area contributed by atoms with Crippen molar-refractivity contribution < 1.29 is 4.39 Å². The first-order valence-electron chi connectivity index (χ1n) is 7.72. The Morgan fingerprint density at radius 1 is 1.32 bits per heavy atom. The van der Waals surface area contributed by atoms with Gasteiger partial charge in [0.15, 0.2) is 0 Å². The van der Waals surface area contributed by atoms with Crippen LogP contribution in [0, 0.1) is 11.7 Å². The number of fused-ring (bicyclic) bond motifs is 1. The molecule has 0 unspecified atom stereocenters. The lowest BCUT2D eigenvalue weighted by molar-refractivity contribution is 0.265. The summed E-state index contributed by atoms with van der Waals surface area (Å²) in [5, 5.41) is 0. The molecule has 0 radical (unpaired) electrons. The van der Waals surface area contributed by atoms with Crippen molar-refractivity contribution in [1.82, 2.24) is 14.5 Å². The maximum Gasteiger partial charge on any atom is 0.132 e. The second kappa shape index (κ2) is 4.93. The summed E-state index contributed by atoms with van der Waals surface area (Å²) in [7, 11) is 2.02. The minimum atomic E-state index is -0.235. The normalized spacial score (nSPS) is 19.6. The fourth-order valence-electron chi connectivity index (χ4n) is 3.30. The molecule has 4 nitrogen and oxygen atoms in total. The van der Waals surface area contributed by atoms with Crippen LogP contribution in [0.25, 0.3) is 11.0 Å². The molecule has 0 saturated heterocycles. The van der Waals surface area contributed by atoms with Crippen molar-refractivity contribution in [2.24, 2.45) is 18.0 Å². The van der Waals surface area contributed by atoms with E-state index in [0.717, 1.165) is 29.1 Å². The number of aliphatic imine (C=N–C) groups is 1. The Morgan fingerprint density at radius 3 is 2.86 bits per heavy atom. The summed E-state index contributed by atoms with van der Waals surface area (Å²) in [6.45, 7) is 2.81. The number of benzene rings is 1. The molecule has 1 aromatic carbocycles. The van der Waals surface area contributed by atoms with Gasteiger partial charge in [0.05, 0.1) is 29.3 Å². The molecule has 4 rings (SSSR count). The Kier molecular flexibility index (Phi) is 3.03. The van der Waals surface area contributed by atoms with Crippen LogP contribution >= 0.6 is 0 Å². The average molecular weight is 298 g/mol. The Morgan fingerprint density at radius 2 is 2.14 bits per heavy atom. The van der Waals surface area contributed by atoms with Gasteiger partial charge in [-0.3, -0.25) is 4.99 Å². The summed E-state index contributed by atoms with van der Waals surface area (Å²) in [6.07, 6.45) is 6.52. The number of aromatic nitrogens is 2. The van der Waals surface area contributed by atoms with E-state index in [-0.39, 0.29) is 11.9 Å². The second-order valence-electron chi connectivity index (χ2n) is 6.22. The summed E-state index contributed by atoms with van der Waals surface area (Å²) in [5.74, 6) is 1.40. The van der Waals surface area contributed by atoms with Crippen molar-refractivity contribution in [2.45, 2.75) is 25.8 Å². The summed E-state index contributed by atoms with van der Waals surface area (Å²) in [5.41, 5.74) is 2.73. The summed E-state index contributed by atoms with van der Waals surface area (Å²) < 4.78 is 15.6. The van der Waals surface area contributed by atoms with Gasteiger partial charge < -0.3 is 9.47 Å². The molecular weight excluding hydrogens is 279 g/mol. The lowest BCUT2D eigenvalue weighted by Crippen LogP contribution is -2.31. The van der Waals surface area contributed by atoms with E-state index in [0.29, 0.717) is 5.92 Å². The zero-order valence-electron chi connectivity index (χ0n) is 12.8. The van der Waals surface area contributed by atoms with E-state index < -0.39 is 0 Å². The Hall–Kier alpha value is -2.17. The van der Waals surface area contributed by atoms with Crippen molar-refractivity contribution in [3.05, 3.63) is 41.7 Å². The zero-order chi connectivity index (χ0) is 15.3. The summed E-state index contributed by atoms with van der Waals surface area (Å²) >= 11 is 0. The summed E-state index contributed by atoms with van der Waals surface area (Å²) in [4.78, 5) is 11.4. The fourth-order valence-corrected chi connectivity index (χ4v) is 3.30. The standard InChI is InChI=1S/C17H19FN4/c1-11-10-22(8-7-19-11)16(12-3-4-12)17-20-14-9-13(18)5-6-15(14)21(17)2/h5-7,9-10,12,16H,3-4,8H2,1-2H3/t16-/m0/s1. The Labute approximate surface area is 129 Å². The molecular formula is C17H19FN4. The van der Waals surface area contributed by atoms with E-state index in [1.807, 2.05) is 26.3 Å². The maximum absolute atomic E-state index is 13.5. The van der Waals surface area contributed by atoms with E-state index in [9.17, 15) is 4.39 Å². The lowest BCUT2D eigenvalue weighted by Gasteiger charge is -2.31. The molecule has 1 aliphatic carbocycles. The molecule has 1 atom stereocenters. The van der Waals surface area contributed by atoms with Crippen LogP contribution in [0.2, 0.25) is 0 Å². The molecule has 1 fully saturated rings. The SMILES string of the molecule is CC1=CN([C@H](c2nc3cc(F)ccc3n2C)C2CC2)CC=N1. The number of aryl methyl sites for hydroxylation is 1. The van der Waals surface area contributed by atoms with Crippen molar-refractivity contribution in [1.29, 1.82) is 0 Å². The third-order valence-corrected chi connectivity index (χ3v) is 4.51. The molecule has 1 saturated carbocycles. The van der Waals surface area contributed by atoms with E-state index >= 15 is 0 Å². The molecule has 2 heterocycles. The largest absolute Gasteiger partial charge is 0.360 e. The Balaban J connectivity index is 1.80. The minimum Gasteiger partial charge on any atom is -0.360 e. The summed E-state index contributed by atoms with van der Waals surface area (Å²) in [6, 6.07) is 5.06. The van der Waals surface area contributed by atoms with Gasteiger partial charge in [-0.1, -0.05) is 0 Å². The van der Waals surface area contributed by atoms with Crippen molar-refractivity contribution >= 4 is 17.2 Å². The van der Waals surface area contributed by atoms with E-state index in [2.05, 4.69) is 20.7 Å². The molecule has 2 aliphatic rings. The van der Waals surface area contributed by atoms with Crippen LogP contribution in [0.15, 0.2) is 35.1 Å². The molecule has 1 aromatic heterocycles. The highest BCUT2D eigenvalue weighted by atomic mass is 19.1. The number of nitrogens with zero attached hydrogens (tertiary/aromatic N) is 4. The second-order valence-corrected chi connectivity index (χ2v) is 6.22. The van der Waals surface area contributed by atoms with Crippen LogP contribution < -0.4 is 0 Å². The van der Waals surface area contributed by atoms with Gasteiger partial charge in [-0.2, -0.15) is 0 Å². The van der Waals surface area contributed by atoms with E-state index in [1.54, 1.807) is 0 Å². The number of rotatable bonds is 3.